The van der Waals surface area contributed by atoms with E-state index in [-0.39, 0.29) is 11.8 Å². The Kier molecular flexibility index (Phi) is 5.38. The summed E-state index contributed by atoms with van der Waals surface area (Å²) in [5, 5.41) is 2.93. The molecule has 0 atom stereocenters. The van der Waals surface area contributed by atoms with Gasteiger partial charge < -0.3 is 10.2 Å². The molecule has 29 heavy (non-hydrogen) atoms. The number of carbonyl (C=O) groups is 2. The Morgan fingerprint density at radius 3 is 2.34 bits per heavy atom. The van der Waals surface area contributed by atoms with E-state index in [0.717, 1.165) is 29.5 Å². The number of nitrogens with one attached hydrogen (secondary N) is 1. The van der Waals surface area contributed by atoms with E-state index < -0.39 is 0 Å². The lowest BCUT2D eigenvalue weighted by atomic mass is 10.0. The molecule has 4 rings (SSSR count). The summed E-state index contributed by atoms with van der Waals surface area (Å²) in [4.78, 5) is 30.8. The number of rotatable bonds is 6. The predicted octanol–water partition coefficient (Wildman–Crippen LogP) is 3.91. The number of benzene rings is 2. The van der Waals surface area contributed by atoms with Crippen LogP contribution in [0.5, 0.6) is 0 Å². The van der Waals surface area contributed by atoms with Gasteiger partial charge in [0.2, 0.25) is 0 Å². The van der Waals surface area contributed by atoms with Gasteiger partial charge in [0.25, 0.3) is 11.8 Å². The summed E-state index contributed by atoms with van der Waals surface area (Å²) in [6.07, 6.45) is 5.66. The summed E-state index contributed by atoms with van der Waals surface area (Å²) < 4.78 is 0. The highest BCUT2D eigenvalue weighted by Gasteiger charge is 2.30. The Bertz CT molecular complexity index is 1010. The van der Waals surface area contributed by atoms with Gasteiger partial charge in [-0.3, -0.25) is 14.6 Å². The van der Waals surface area contributed by atoms with E-state index in [2.05, 4.69) is 10.3 Å². The zero-order valence-electron chi connectivity index (χ0n) is 16.3. The van der Waals surface area contributed by atoms with E-state index in [4.69, 9.17) is 0 Å². The van der Waals surface area contributed by atoms with Gasteiger partial charge in [-0.25, -0.2) is 0 Å². The van der Waals surface area contributed by atoms with Gasteiger partial charge in [-0.2, -0.15) is 0 Å². The first-order valence-corrected chi connectivity index (χ1v) is 9.76. The molecule has 5 heteroatoms. The van der Waals surface area contributed by atoms with Gasteiger partial charge in [0.05, 0.1) is 0 Å². The number of aromatic nitrogens is 1. The van der Waals surface area contributed by atoms with Crippen molar-refractivity contribution in [3.8, 4) is 11.1 Å². The second-order valence-electron chi connectivity index (χ2n) is 7.34. The highest BCUT2D eigenvalue weighted by molar-refractivity contribution is 5.95. The molecule has 2 amide bonds. The third-order valence-electron chi connectivity index (χ3n) is 5.20. The van der Waals surface area contributed by atoms with Gasteiger partial charge in [0, 0.05) is 43.2 Å². The van der Waals surface area contributed by atoms with E-state index in [1.54, 1.807) is 12.4 Å². The molecule has 146 valence electrons. The average molecular weight is 385 g/mol. The number of hydrogen-bond acceptors (Lipinski definition) is 3. The first-order valence-electron chi connectivity index (χ1n) is 9.76. The maximum atomic E-state index is 12.5. The molecule has 0 aliphatic heterocycles. The Labute approximate surface area is 170 Å². The number of carbonyl (C=O) groups excluding carboxylic acids is 2. The van der Waals surface area contributed by atoms with Crippen LogP contribution in [-0.4, -0.2) is 34.8 Å². The Balaban J connectivity index is 1.38. The summed E-state index contributed by atoms with van der Waals surface area (Å²) >= 11 is 0. The van der Waals surface area contributed by atoms with Crippen molar-refractivity contribution >= 4 is 11.8 Å². The van der Waals surface area contributed by atoms with Crippen molar-refractivity contribution in [2.75, 3.05) is 7.05 Å². The van der Waals surface area contributed by atoms with Gasteiger partial charge in [0.1, 0.15) is 0 Å². The van der Waals surface area contributed by atoms with Gasteiger partial charge in [-0.1, -0.05) is 24.3 Å². The molecular weight excluding hydrogens is 362 g/mol. The monoisotopic (exact) mass is 385 g/mol. The SMILES string of the molecule is CN(C(=O)c1cccc(CNC(=O)c2ccc(-c3ccncc3)cc2)c1)C1CC1. The van der Waals surface area contributed by atoms with Crippen LogP contribution in [0, 0.1) is 0 Å². The highest BCUT2D eigenvalue weighted by atomic mass is 16.2. The van der Waals surface area contributed by atoms with Crippen molar-refractivity contribution in [1.29, 1.82) is 0 Å². The number of amides is 2. The van der Waals surface area contributed by atoms with Crippen molar-refractivity contribution < 1.29 is 9.59 Å². The van der Waals surface area contributed by atoms with Crippen LogP contribution < -0.4 is 5.32 Å². The molecule has 1 aliphatic carbocycles. The number of hydrogen-bond donors (Lipinski definition) is 1. The molecule has 1 aromatic heterocycles. The fourth-order valence-corrected chi connectivity index (χ4v) is 3.29. The molecule has 1 N–H and O–H groups in total. The van der Waals surface area contributed by atoms with Crippen LogP contribution >= 0.6 is 0 Å². The number of nitrogens with zero attached hydrogens (tertiary/aromatic N) is 2. The van der Waals surface area contributed by atoms with Gasteiger partial charge in [-0.15, -0.1) is 0 Å². The maximum absolute atomic E-state index is 12.5. The Morgan fingerprint density at radius 2 is 1.66 bits per heavy atom. The van der Waals surface area contributed by atoms with Crippen LogP contribution in [0.2, 0.25) is 0 Å². The van der Waals surface area contributed by atoms with Crippen molar-refractivity contribution in [1.82, 2.24) is 15.2 Å². The molecule has 1 heterocycles. The normalized spacial score (nSPS) is 13.0. The third-order valence-corrected chi connectivity index (χ3v) is 5.20. The van der Waals surface area contributed by atoms with E-state index >= 15 is 0 Å². The molecule has 5 nitrogen and oxygen atoms in total. The van der Waals surface area contributed by atoms with Crippen molar-refractivity contribution in [2.45, 2.75) is 25.4 Å². The van der Waals surface area contributed by atoms with Crippen molar-refractivity contribution in [3.63, 3.8) is 0 Å². The highest BCUT2D eigenvalue weighted by Crippen LogP contribution is 2.26. The van der Waals surface area contributed by atoms with Crippen LogP contribution in [0.25, 0.3) is 11.1 Å². The lowest BCUT2D eigenvalue weighted by Gasteiger charge is -2.16. The first-order chi connectivity index (χ1) is 14.1. The van der Waals surface area contributed by atoms with Crippen molar-refractivity contribution in [2.24, 2.45) is 0 Å². The van der Waals surface area contributed by atoms with E-state index in [9.17, 15) is 9.59 Å². The molecule has 0 radical (unpaired) electrons. The van der Waals surface area contributed by atoms with Crippen LogP contribution in [0.4, 0.5) is 0 Å². The molecule has 0 unspecified atom stereocenters. The zero-order valence-corrected chi connectivity index (χ0v) is 16.3. The Hall–Kier alpha value is -3.47. The summed E-state index contributed by atoms with van der Waals surface area (Å²) in [7, 11) is 1.85. The molecule has 0 bridgehead atoms. The molecule has 1 aliphatic rings. The largest absolute Gasteiger partial charge is 0.348 e. The maximum Gasteiger partial charge on any atom is 0.253 e. The van der Waals surface area contributed by atoms with Crippen LogP contribution in [0.3, 0.4) is 0 Å². The van der Waals surface area contributed by atoms with Gasteiger partial charge >= 0.3 is 0 Å². The topological polar surface area (TPSA) is 62.3 Å². The summed E-state index contributed by atoms with van der Waals surface area (Å²) in [6, 6.07) is 19.2. The van der Waals surface area contributed by atoms with Crippen LogP contribution in [0.15, 0.2) is 73.1 Å². The smallest absolute Gasteiger partial charge is 0.253 e. The van der Waals surface area contributed by atoms with Crippen LogP contribution in [0.1, 0.15) is 39.1 Å². The zero-order chi connectivity index (χ0) is 20.2. The fraction of sp³-hybridized carbons (Fsp3) is 0.208. The third kappa shape index (κ3) is 4.51. The Morgan fingerprint density at radius 1 is 0.966 bits per heavy atom. The quantitative estimate of drug-likeness (QED) is 0.700. The molecule has 1 fully saturated rings. The lowest BCUT2D eigenvalue weighted by molar-refractivity contribution is 0.0785. The van der Waals surface area contributed by atoms with E-state index in [1.165, 1.54) is 0 Å². The minimum atomic E-state index is -0.141. The van der Waals surface area contributed by atoms with Crippen LogP contribution in [-0.2, 0) is 6.54 Å². The molecule has 3 aromatic rings. The fourth-order valence-electron chi connectivity index (χ4n) is 3.29. The second kappa shape index (κ2) is 8.27. The minimum absolute atomic E-state index is 0.0346. The summed E-state index contributed by atoms with van der Waals surface area (Å²) in [5.41, 5.74) is 4.26. The molecule has 0 saturated heterocycles. The average Bonchev–Trinajstić information content (AvgIpc) is 3.63. The minimum Gasteiger partial charge on any atom is -0.348 e. The molecule has 0 spiro atoms. The molecule has 2 aromatic carbocycles. The number of pyridine rings is 1. The van der Waals surface area contributed by atoms with E-state index in [1.807, 2.05) is 72.6 Å². The molecular formula is C24H23N3O2. The lowest BCUT2D eigenvalue weighted by Crippen LogP contribution is -2.29. The van der Waals surface area contributed by atoms with E-state index in [0.29, 0.717) is 23.7 Å². The standard InChI is InChI=1S/C24H23N3O2/c1-27(22-9-10-22)24(29)21-4-2-3-17(15-21)16-26-23(28)20-7-5-18(6-8-20)19-11-13-25-14-12-19/h2-8,11-15,22H,9-10,16H2,1H3,(H,26,28). The summed E-state index contributed by atoms with van der Waals surface area (Å²) in [5.74, 6) is -0.106. The molecule has 1 saturated carbocycles. The van der Waals surface area contributed by atoms with Crippen molar-refractivity contribution in [3.05, 3.63) is 89.7 Å². The first kappa shape index (κ1) is 18.9. The second-order valence-corrected chi connectivity index (χ2v) is 7.34. The van der Waals surface area contributed by atoms with Gasteiger partial charge in [0.15, 0.2) is 0 Å². The summed E-state index contributed by atoms with van der Waals surface area (Å²) in [6.45, 7) is 0.374. The van der Waals surface area contributed by atoms with Gasteiger partial charge in [-0.05, 0) is 65.9 Å². The predicted molar refractivity (Wildman–Crippen MR) is 112 cm³/mol.